The van der Waals surface area contributed by atoms with Crippen LogP contribution in [0.25, 0.3) is 0 Å². The number of hydrogen-bond donors (Lipinski definition) is 1. The first-order chi connectivity index (χ1) is 8.67. The zero-order valence-corrected chi connectivity index (χ0v) is 13.1. The second-order valence-electron chi connectivity index (χ2n) is 6.92. The van der Waals surface area contributed by atoms with E-state index in [2.05, 4.69) is 44.9 Å². The number of pyridine rings is 1. The van der Waals surface area contributed by atoms with Crippen LogP contribution >= 0.6 is 11.6 Å². The van der Waals surface area contributed by atoms with Crippen LogP contribution in [0.3, 0.4) is 0 Å². The van der Waals surface area contributed by atoms with E-state index in [1.165, 1.54) is 0 Å². The van der Waals surface area contributed by atoms with Crippen LogP contribution in [0.15, 0.2) is 12.3 Å². The number of nitrogens with one attached hydrogen (secondary N) is 1. The molecule has 0 amide bonds. The molecule has 1 unspecified atom stereocenters. The van der Waals surface area contributed by atoms with Crippen molar-refractivity contribution in [1.82, 2.24) is 4.98 Å². The molecule has 1 aliphatic heterocycles. The predicted octanol–water partition coefficient (Wildman–Crippen LogP) is 4.01. The summed E-state index contributed by atoms with van der Waals surface area (Å²) in [4.78, 5) is 4.37. The van der Waals surface area contributed by atoms with Crippen molar-refractivity contribution in [3.63, 3.8) is 0 Å². The van der Waals surface area contributed by atoms with E-state index in [0.717, 1.165) is 29.4 Å². The average Bonchev–Trinajstić information content (AvgIpc) is 2.59. The minimum atomic E-state index is -0.0447. The zero-order valence-electron chi connectivity index (χ0n) is 12.4. The van der Waals surface area contributed by atoms with Crippen LogP contribution in [-0.2, 0) is 10.2 Å². The minimum Gasteiger partial charge on any atom is -0.373 e. The van der Waals surface area contributed by atoms with Gasteiger partial charge >= 0.3 is 0 Å². The lowest BCUT2D eigenvalue weighted by atomic mass is 9.87. The Morgan fingerprint density at radius 2 is 2.11 bits per heavy atom. The molecule has 2 rings (SSSR count). The molecule has 1 aliphatic rings. The molecular formula is C15H23ClN2O. The van der Waals surface area contributed by atoms with Crippen molar-refractivity contribution in [1.29, 1.82) is 0 Å². The standard InChI is InChI=1S/C15H23ClN2O/c1-14(2,3)11-6-13(17-8-12(11)16)18-10-7-15(4,5)19-9-10/h6,8,10H,7,9H2,1-5H3,(H,17,18). The number of aromatic nitrogens is 1. The third-order valence-electron chi connectivity index (χ3n) is 3.43. The third-order valence-corrected chi connectivity index (χ3v) is 3.73. The summed E-state index contributed by atoms with van der Waals surface area (Å²) in [6, 6.07) is 2.37. The summed E-state index contributed by atoms with van der Waals surface area (Å²) in [6.45, 7) is 11.4. The first-order valence-electron chi connectivity index (χ1n) is 6.74. The Labute approximate surface area is 120 Å². The molecule has 1 aromatic rings. The van der Waals surface area contributed by atoms with Crippen LogP contribution in [0, 0.1) is 0 Å². The first-order valence-corrected chi connectivity index (χ1v) is 7.12. The van der Waals surface area contributed by atoms with E-state index in [4.69, 9.17) is 16.3 Å². The average molecular weight is 283 g/mol. The summed E-state index contributed by atoms with van der Waals surface area (Å²) >= 11 is 6.23. The first kappa shape index (κ1) is 14.6. The Morgan fingerprint density at radius 3 is 2.63 bits per heavy atom. The molecule has 0 spiro atoms. The third kappa shape index (κ3) is 3.61. The molecule has 106 valence electrons. The van der Waals surface area contributed by atoms with Crippen molar-refractivity contribution in [2.75, 3.05) is 11.9 Å². The molecular weight excluding hydrogens is 260 g/mol. The van der Waals surface area contributed by atoms with Gasteiger partial charge in [0.2, 0.25) is 0 Å². The predicted molar refractivity (Wildman–Crippen MR) is 80.0 cm³/mol. The van der Waals surface area contributed by atoms with Crippen molar-refractivity contribution in [2.24, 2.45) is 0 Å². The largest absolute Gasteiger partial charge is 0.373 e. The molecule has 1 fully saturated rings. The van der Waals surface area contributed by atoms with Crippen molar-refractivity contribution in [3.8, 4) is 0 Å². The number of rotatable bonds is 2. The molecule has 0 bridgehead atoms. The highest BCUT2D eigenvalue weighted by Crippen LogP contribution is 2.32. The lowest BCUT2D eigenvalue weighted by molar-refractivity contribution is 0.0363. The van der Waals surface area contributed by atoms with Gasteiger partial charge in [0.05, 0.1) is 23.3 Å². The lowest BCUT2D eigenvalue weighted by Crippen LogP contribution is -2.23. The highest BCUT2D eigenvalue weighted by atomic mass is 35.5. The molecule has 1 saturated heterocycles. The smallest absolute Gasteiger partial charge is 0.126 e. The van der Waals surface area contributed by atoms with Crippen molar-refractivity contribution >= 4 is 17.4 Å². The Hall–Kier alpha value is -0.800. The van der Waals surface area contributed by atoms with Gasteiger partial charge in [-0.25, -0.2) is 4.98 Å². The van der Waals surface area contributed by atoms with Gasteiger partial charge in [-0.15, -0.1) is 0 Å². The number of halogens is 1. The van der Waals surface area contributed by atoms with Crippen LogP contribution in [0.1, 0.15) is 46.6 Å². The highest BCUT2D eigenvalue weighted by Gasteiger charge is 2.32. The monoisotopic (exact) mass is 282 g/mol. The van der Waals surface area contributed by atoms with Gasteiger partial charge in [0.1, 0.15) is 5.82 Å². The van der Waals surface area contributed by atoms with Crippen LogP contribution < -0.4 is 5.32 Å². The van der Waals surface area contributed by atoms with Gasteiger partial charge < -0.3 is 10.1 Å². The van der Waals surface area contributed by atoms with E-state index in [9.17, 15) is 0 Å². The van der Waals surface area contributed by atoms with E-state index < -0.39 is 0 Å². The lowest BCUT2D eigenvalue weighted by Gasteiger charge is -2.22. The number of ether oxygens (including phenoxy) is 1. The quantitative estimate of drug-likeness (QED) is 0.890. The molecule has 3 nitrogen and oxygen atoms in total. The highest BCUT2D eigenvalue weighted by molar-refractivity contribution is 6.31. The Balaban J connectivity index is 2.14. The van der Waals surface area contributed by atoms with Crippen LogP contribution in [0.5, 0.6) is 0 Å². The molecule has 0 radical (unpaired) electrons. The molecule has 1 atom stereocenters. The summed E-state index contributed by atoms with van der Waals surface area (Å²) in [5.41, 5.74) is 1.09. The summed E-state index contributed by atoms with van der Waals surface area (Å²) in [5, 5.41) is 4.16. The van der Waals surface area contributed by atoms with Gasteiger partial charge in [0, 0.05) is 6.20 Å². The second kappa shape index (κ2) is 4.95. The number of hydrogen-bond acceptors (Lipinski definition) is 3. The zero-order chi connectivity index (χ0) is 14.3. The fraction of sp³-hybridized carbons (Fsp3) is 0.667. The molecule has 0 aliphatic carbocycles. The summed E-state index contributed by atoms with van der Waals surface area (Å²) in [5.74, 6) is 0.876. The minimum absolute atomic E-state index is 0.0158. The van der Waals surface area contributed by atoms with Gasteiger partial charge in [-0.05, 0) is 37.3 Å². The van der Waals surface area contributed by atoms with Gasteiger partial charge in [-0.1, -0.05) is 32.4 Å². The van der Waals surface area contributed by atoms with Gasteiger partial charge in [-0.2, -0.15) is 0 Å². The van der Waals surface area contributed by atoms with Crippen molar-refractivity contribution in [2.45, 2.75) is 58.1 Å². The topological polar surface area (TPSA) is 34.2 Å². The number of nitrogens with zero attached hydrogens (tertiary/aromatic N) is 1. The van der Waals surface area contributed by atoms with Crippen molar-refractivity contribution < 1.29 is 4.74 Å². The van der Waals surface area contributed by atoms with E-state index >= 15 is 0 Å². The molecule has 4 heteroatoms. The molecule has 1 N–H and O–H groups in total. The van der Waals surface area contributed by atoms with Gasteiger partial charge in [0.25, 0.3) is 0 Å². The van der Waals surface area contributed by atoms with Crippen LogP contribution in [-0.4, -0.2) is 23.2 Å². The van der Waals surface area contributed by atoms with Crippen molar-refractivity contribution in [3.05, 3.63) is 22.8 Å². The van der Waals surface area contributed by atoms with Crippen LogP contribution in [0.2, 0.25) is 5.02 Å². The SMILES string of the molecule is CC1(C)CC(Nc2cc(C(C)(C)C)c(Cl)cn2)CO1. The van der Waals surface area contributed by atoms with E-state index in [-0.39, 0.29) is 11.0 Å². The maximum atomic E-state index is 6.23. The molecule has 0 aromatic carbocycles. The Kier molecular flexibility index (Phi) is 3.80. The fourth-order valence-electron chi connectivity index (χ4n) is 2.43. The van der Waals surface area contributed by atoms with E-state index in [0.29, 0.717) is 6.04 Å². The van der Waals surface area contributed by atoms with Gasteiger partial charge in [0.15, 0.2) is 0 Å². The van der Waals surface area contributed by atoms with Gasteiger partial charge in [-0.3, -0.25) is 0 Å². The summed E-state index contributed by atoms with van der Waals surface area (Å²) in [7, 11) is 0. The summed E-state index contributed by atoms with van der Waals surface area (Å²) in [6.07, 6.45) is 2.72. The number of anilines is 1. The van der Waals surface area contributed by atoms with Crippen LogP contribution in [0.4, 0.5) is 5.82 Å². The van der Waals surface area contributed by atoms with E-state index in [1.54, 1.807) is 6.20 Å². The maximum Gasteiger partial charge on any atom is 0.126 e. The molecule has 2 heterocycles. The normalized spacial score (nSPS) is 22.5. The Morgan fingerprint density at radius 1 is 1.42 bits per heavy atom. The second-order valence-corrected chi connectivity index (χ2v) is 7.32. The molecule has 1 aromatic heterocycles. The molecule has 19 heavy (non-hydrogen) atoms. The molecule has 0 saturated carbocycles. The Bertz CT molecular complexity index is 466. The fourth-order valence-corrected chi connectivity index (χ4v) is 2.82. The maximum absolute atomic E-state index is 6.23. The van der Waals surface area contributed by atoms with E-state index in [1.807, 2.05) is 6.07 Å². The summed E-state index contributed by atoms with van der Waals surface area (Å²) < 4.78 is 5.73.